The number of hydrogen-bond acceptors (Lipinski definition) is 3. The quantitative estimate of drug-likeness (QED) is 0.812. The third-order valence-electron chi connectivity index (χ3n) is 4.61. The summed E-state index contributed by atoms with van der Waals surface area (Å²) in [5, 5.41) is 0. The lowest BCUT2D eigenvalue weighted by molar-refractivity contribution is -0.140. The van der Waals surface area contributed by atoms with Gasteiger partial charge in [-0.3, -0.25) is 9.59 Å². The number of para-hydroxylation sites is 1. The molecular weight excluding hydrogens is 347 g/mol. The van der Waals surface area contributed by atoms with E-state index in [1.807, 2.05) is 31.2 Å². The third kappa shape index (κ3) is 5.06. The van der Waals surface area contributed by atoms with Crippen molar-refractivity contribution in [1.82, 2.24) is 9.80 Å². The van der Waals surface area contributed by atoms with Crippen LogP contribution in [0, 0.1) is 12.7 Å². The average Bonchev–Trinajstić information content (AvgIpc) is 2.67. The van der Waals surface area contributed by atoms with E-state index in [9.17, 15) is 14.0 Å². The molecule has 142 valence electrons. The summed E-state index contributed by atoms with van der Waals surface area (Å²) in [4.78, 5) is 28.2. The highest BCUT2D eigenvalue weighted by Crippen LogP contribution is 2.15. The summed E-state index contributed by atoms with van der Waals surface area (Å²) in [5.41, 5.74) is 2.13. The monoisotopic (exact) mass is 370 g/mol. The molecule has 1 heterocycles. The van der Waals surface area contributed by atoms with Crippen LogP contribution in [0.2, 0.25) is 0 Å². The third-order valence-corrected chi connectivity index (χ3v) is 4.61. The normalized spacial score (nSPS) is 14.1. The van der Waals surface area contributed by atoms with Crippen LogP contribution in [0.1, 0.15) is 11.1 Å². The first kappa shape index (κ1) is 18.9. The summed E-state index contributed by atoms with van der Waals surface area (Å²) in [6.45, 7) is 3.70. The van der Waals surface area contributed by atoms with Crippen molar-refractivity contribution in [2.75, 3.05) is 32.8 Å². The maximum absolute atomic E-state index is 13.5. The molecule has 0 atom stereocenters. The summed E-state index contributed by atoms with van der Waals surface area (Å²) in [6.07, 6.45) is 0.367. The van der Waals surface area contributed by atoms with E-state index in [0.29, 0.717) is 32.6 Å². The van der Waals surface area contributed by atoms with Crippen LogP contribution in [-0.4, -0.2) is 54.4 Å². The van der Waals surface area contributed by atoms with Gasteiger partial charge >= 0.3 is 0 Å². The van der Waals surface area contributed by atoms with Gasteiger partial charge in [-0.15, -0.1) is 0 Å². The van der Waals surface area contributed by atoms with Crippen molar-refractivity contribution >= 4 is 11.8 Å². The molecule has 1 aliphatic rings. The van der Waals surface area contributed by atoms with E-state index in [2.05, 4.69) is 0 Å². The van der Waals surface area contributed by atoms with Gasteiger partial charge in [-0.05, 0) is 24.6 Å². The molecule has 0 saturated carbocycles. The number of nitrogens with zero attached hydrogens (tertiary/aromatic N) is 2. The predicted molar refractivity (Wildman–Crippen MR) is 99.9 cm³/mol. The first-order chi connectivity index (χ1) is 13.0. The van der Waals surface area contributed by atoms with Crippen molar-refractivity contribution in [3.63, 3.8) is 0 Å². The molecule has 1 fully saturated rings. The number of rotatable bonds is 5. The van der Waals surface area contributed by atoms with Crippen molar-refractivity contribution in [2.45, 2.75) is 13.3 Å². The Balaban J connectivity index is 1.46. The highest BCUT2D eigenvalue weighted by atomic mass is 19.1. The van der Waals surface area contributed by atoms with Crippen LogP contribution in [0.3, 0.4) is 0 Å². The first-order valence-corrected chi connectivity index (χ1v) is 9.01. The van der Waals surface area contributed by atoms with Gasteiger partial charge in [0.2, 0.25) is 5.91 Å². The highest BCUT2D eigenvalue weighted by molar-refractivity contribution is 5.80. The molecule has 0 spiro atoms. The number of benzene rings is 2. The average molecular weight is 370 g/mol. The Labute approximate surface area is 158 Å². The number of halogens is 1. The molecule has 6 heteroatoms. The fraction of sp³-hybridized carbons (Fsp3) is 0.333. The fourth-order valence-electron chi connectivity index (χ4n) is 3.11. The minimum absolute atomic E-state index is 0.0651. The molecule has 0 N–H and O–H groups in total. The standard InChI is InChI=1S/C21H23FN2O3/c1-16-5-4-6-17(13-16)14-20(25)23-9-11-24(12-10-23)21(26)15-27-19-8-3-2-7-18(19)22/h2-8,13H,9-12,14-15H2,1H3. The van der Waals surface area contributed by atoms with Crippen molar-refractivity contribution < 1.29 is 18.7 Å². The van der Waals surface area contributed by atoms with Crippen molar-refractivity contribution in [1.29, 1.82) is 0 Å². The fourth-order valence-corrected chi connectivity index (χ4v) is 3.11. The van der Waals surface area contributed by atoms with Crippen molar-refractivity contribution in [3.8, 4) is 5.75 Å². The number of piperazine rings is 1. The Kier molecular flexibility index (Phi) is 6.06. The van der Waals surface area contributed by atoms with Crippen LogP contribution in [0.15, 0.2) is 48.5 Å². The smallest absolute Gasteiger partial charge is 0.260 e. The minimum Gasteiger partial charge on any atom is -0.481 e. The topological polar surface area (TPSA) is 49.9 Å². The van der Waals surface area contributed by atoms with Crippen LogP contribution in [0.5, 0.6) is 5.75 Å². The van der Waals surface area contributed by atoms with Crippen LogP contribution >= 0.6 is 0 Å². The van der Waals surface area contributed by atoms with Crippen molar-refractivity contribution in [2.24, 2.45) is 0 Å². The van der Waals surface area contributed by atoms with Gasteiger partial charge in [0.25, 0.3) is 5.91 Å². The molecule has 2 amide bonds. The zero-order valence-corrected chi connectivity index (χ0v) is 15.4. The second kappa shape index (κ2) is 8.66. The van der Waals surface area contributed by atoms with E-state index in [-0.39, 0.29) is 24.2 Å². The molecule has 5 nitrogen and oxygen atoms in total. The van der Waals surface area contributed by atoms with Gasteiger partial charge in [0.15, 0.2) is 18.2 Å². The first-order valence-electron chi connectivity index (χ1n) is 9.01. The maximum Gasteiger partial charge on any atom is 0.260 e. The molecule has 2 aromatic carbocycles. The molecular formula is C21H23FN2O3. The Morgan fingerprint density at radius 2 is 1.63 bits per heavy atom. The zero-order chi connectivity index (χ0) is 19.2. The number of carbonyl (C=O) groups excluding carboxylic acids is 2. The maximum atomic E-state index is 13.5. The van der Waals surface area contributed by atoms with Crippen molar-refractivity contribution in [3.05, 3.63) is 65.5 Å². The molecule has 0 aromatic heterocycles. The Hall–Kier alpha value is -2.89. The van der Waals surface area contributed by atoms with E-state index < -0.39 is 5.82 Å². The van der Waals surface area contributed by atoms with Crippen LogP contribution in [0.4, 0.5) is 4.39 Å². The molecule has 3 rings (SSSR count). The van der Waals surface area contributed by atoms with Gasteiger partial charge in [-0.2, -0.15) is 0 Å². The molecule has 27 heavy (non-hydrogen) atoms. The van der Waals surface area contributed by atoms with Gasteiger partial charge in [-0.25, -0.2) is 4.39 Å². The van der Waals surface area contributed by atoms with Gasteiger partial charge in [0.05, 0.1) is 6.42 Å². The van der Waals surface area contributed by atoms with E-state index >= 15 is 0 Å². The van der Waals surface area contributed by atoms with Crippen LogP contribution in [0.25, 0.3) is 0 Å². The summed E-state index contributed by atoms with van der Waals surface area (Å²) in [6, 6.07) is 13.9. The van der Waals surface area contributed by atoms with E-state index in [4.69, 9.17) is 4.74 Å². The van der Waals surface area contributed by atoms with Crippen LogP contribution < -0.4 is 4.74 Å². The molecule has 0 unspecified atom stereocenters. The van der Waals surface area contributed by atoms with Crippen LogP contribution in [-0.2, 0) is 16.0 Å². The number of carbonyl (C=O) groups is 2. The second-order valence-electron chi connectivity index (χ2n) is 6.65. The van der Waals surface area contributed by atoms with Gasteiger partial charge in [0, 0.05) is 26.2 Å². The highest BCUT2D eigenvalue weighted by Gasteiger charge is 2.24. The number of aryl methyl sites for hydroxylation is 1. The lowest BCUT2D eigenvalue weighted by atomic mass is 10.1. The molecule has 0 bridgehead atoms. The summed E-state index contributed by atoms with van der Waals surface area (Å²) >= 11 is 0. The number of hydrogen-bond donors (Lipinski definition) is 0. The van der Waals surface area contributed by atoms with E-state index in [0.717, 1.165) is 11.1 Å². The largest absolute Gasteiger partial charge is 0.481 e. The molecule has 1 aliphatic heterocycles. The molecule has 0 aliphatic carbocycles. The molecule has 0 radical (unpaired) electrons. The lowest BCUT2D eigenvalue weighted by Gasteiger charge is -2.34. The summed E-state index contributed by atoms with van der Waals surface area (Å²) in [7, 11) is 0. The van der Waals surface area contributed by atoms with Gasteiger partial charge < -0.3 is 14.5 Å². The Bertz CT molecular complexity index is 817. The number of ether oxygens (including phenoxy) is 1. The summed E-state index contributed by atoms with van der Waals surface area (Å²) < 4.78 is 18.8. The van der Waals surface area contributed by atoms with E-state index in [1.165, 1.54) is 12.1 Å². The SMILES string of the molecule is Cc1cccc(CC(=O)N2CCN(C(=O)COc3ccccc3F)CC2)c1. The second-order valence-corrected chi connectivity index (χ2v) is 6.65. The number of amides is 2. The zero-order valence-electron chi connectivity index (χ0n) is 15.4. The Morgan fingerprint density at radius 1 is 0.963 bits per heavy atom. The summed E-state index contributed by atoms with van der Waals surface area (Å²) in [5.74, 6) is -0.561. The molecule has 1 saturated heterocycles. The lowest BCUT2D eigenvalue weighted by Crippen LogP contribution is -2.52. The van der Waals surface area contributed by atoms with E-state index in [1.54, 1.807) is 21.9 Å². The molecule has 2 aromatic rings. The van der Waals surface area contributed by atoms with Gasteiger partial charge in [0.1, 0.15) is 0 Å². The Morgan fingerprint density at radius 3 is 2.30 bits per heavy atom. The van der Waals surface area contributed by atoms with Gasteiger partial charge in [-0.1, -0.05) is 42.0 Å². The minimum atomic E-state index is -0.489. The predicted octanol–water partition coefficient (Wildman–Crippen LogP) is 2.43.